The summed E-state index contributed by atoms with van der Waals surface area (Å²) in [6, 6.07) is 2.78. The number of hydrogen-bond donors (Lipinski definition) is 1. The van der Waals surface area contributed by atoms with Gasteiger partial charge in [0.15, 0.2) is 0 Å². The molecule has 0 spiro atoms. The Bertz CT molecular complexity index is 746. The van der Waals surface area contributed by atoms with Crippen LogP contribution in [-0.2, 0) is 19.1 Å². The number of esters is 1. The van der Waals surface area contributed by atoms with Crippen molar-refractivity contribution in [3.8, 4) is 11.5 Å². The molecule has 0 aromatic heterocycles. The van der Waals surface area contributed by atoms with Crippen molar-refractivity contribution in [2.45, 2.75) is 25.7 Å². The van der Waals surface area contributed by atoms with Gasteiger partial charge in [-0.3, -0.25) is 14.4 Å². The van der Waals surface area contributed by atoms with Crippen LogP contribution in [0, 0.1) is 0 Å². The molecule has 0 amide bonds. The fourth-order valence-electron chi connectivity index (χ4n) is 2.37. The van der Waals surface area contributed by atoms with Crippen LogP contribution in [0.15, 0.2) is 18.2 Å². The van der Waals surface area contributed by atoms with Gasteiger partial charge in [-0.15, -0.1) is 0 Å². The first-order valence-corrected chi connectivity index (χ1v) is 7.79. The highest BCUT2D eigenvalue weighted by atomic mass is 16.5. The second-order valence-electron chi connectivity index (χ2n) is 5.49. The molecule has 1 heterocycles. The molecule has 132 valence electrons. The summed E-state index contributed by atoms with van der Waals surface area (Å²) in [6.45, 7) is 0.0306. The zero-order valence-corrected chi connectivity index (χ0v) is 13.7. The minimum Gasteiger partial charge on any atom is -0.507 e. The molecule has 1 aliphatic rings. The number of Topliss-reactive ketones (excluding diaryl/α,β-unsaturated/α-hetero) is 3. The lowest BCUT2D eigenvalue weighted by Gasteiger charge is -2.11. The van der Waals surface area contributed by atoms with Crippen LogP contribution in [0.25, 0.3) is 6.08 Å². The third-order valence-corrected chi connectivity index (χ3v) is 3.70. The van der Waals surface area contributed by atoms with Gasteiger partial charge in [-0.1, -0.05) is 12.2 Å². The Hall–Kier alpha value is -2.96. The monoisotopic (exact) mass is 346 g/mol. The van der Waals surface area contributed by atoms with Crippen LogP contribution in [0.5, 0.6) is 11.5 Å². The van der Waals surface area contributed by atoms with Crippen molar-refractivity contribution in [1.29, 1.82) is 0 Å². The van der Waals surface area contributed by atoms with Gasteiger partial charge in [0.05, 0.1) is 13.7 Å². The number of rotatable bonds is 1. The second kappa shape index (κ2) is 8.23. The zero-order chi connectivity index (χ0) is 18.4. The van der Waals surface area contributed by atoms with Crippen molar-refractivity contribution in [2.75, 3.05) is 13.7 Å². The van der Waals surface area contributed by atoms with E-state index in [-0.39, 0.29) is 36.3 Å². The SMILES string of the molecule is COc1cc(O)c2c(c1)C=CCC(=O)C(=O)C(=O)CCCCOC2=O. The van der Waals surface area contributed by atoms with Gasteiger partial charge in [-0.25, -0.2) is 4.79 Å². The first-order valence-electron chi connectivity index (χ1n) is 7.79. The van der Waals surface area contributed by atoms with Gasteiger partial charge in [-0.2, -0.15) is 0 Å². The van der Waals surface area contributed by atoms with Crippen LogP contribution in [0.1, 0.15) is 41.6 Å². The molecule has 1 aromatic rings. The molecular weight excluding hydrogens is 328 g/mol. The Kier molecular flexibility index (Phi) is 6.05. The van der Waals surface area contributed by atoms with Crippen molar-refractivity contribution in [2.24, 2.45) is 0 Å². The number of carbonyl (C=O) groups excluding carboxylic acids is 4. The van der Waals surface area contributed by atoms with E-state index in [0.29, 0.717) is 18.6 Å². The molecule has 25 heavy (non-hydrogen) atoms. The number of fused-ring (bicyclic) bond motifs is 1. The number of benzene rings is 1. The van der Waals surface area contributed by atoms with Gasteiger partial charge in [-0.05, 0) is 24.5 Å². The molecular formula is C18H18O7. The number of allylic oxidation sites excluding steroid dienone is 1. The molecule has 7 nitrogen and oxygen atoms in total. The third-order valence-electron chi connectivity index (χ3n) is 3.70. The van der Waals surface area contributed by atoms with Crippen LogP contribution in [-0.4, -0.2) is 42.1 Å². The van der Waals surface area contributed by atoms with Crippen molar-refractivity contribution < 1.29 is 33.8 Å². The molecule has 1 aromatic carbocycles. The molecule has 0 unspecified atom stereocenters. The summed E-state index contributed by atoms with van der Waals surface area (Å²) < 4.78 is 10.2. The van der Waals surface area contributed by atoms with E-state index in [1.54, 1.807) is 0 Å². The summed E-state index contributed by atoms with van der Waals surface area (Å²) >= 11 is 0. The highest BCUT2D eigenvalue weighted by Crippen LogP contribution is 2.29. The predicted octanol–water partition coefficient (Wildman–Crippen LogP) is 1.85. The van der Waals surface area contributed by atoms with Crippen LogP contribution >= 0.6 is 0 Å². The number of cyclic esters (lactones) is 1. The lowest BCUT2D eigenvalue weighted by Crippen LogP contribution is -2.23. The Morgan fingerprint density at radius 2 is 1.84 bits per heavy atom. The highest BCUT2D eigenvalue weighted by Gasteiger charge is 2.22. The summed E-state index contributed by atoms with van der Waals surface area (Å²) in [6.07, 6.45) is 3.09. The Morgan fingerprint density at radius 1 is 1.08 bits per heavy atom. The summed E-state index contributed by atoms with van der Waals surface area (Å²) in [4.78, 5) is 47.3. The summed E-state index contributed by atoms with van der Waals surface area (Å²) in [7, 11) is 1.40. The number of ether oxygens (including phenoxy) is 2. The Balaban J connectivity index is 2.40. The van der Waals surface area contributed by atoms with Crippen LogP contribution < -0.4 is 4.74 Å². The lowest BCUT2D eigenvalue weighted by molar-refractivity contribution is -0.143. The van der Waals surface area contributed by atoms with Crippen LogP contribution in [0.2, 0.25) is 0 Å². The van der Waals surface area contributed by atoms with Crippen molar-refractivity contribution in [3.63, 3.8) is 0 Å². The topological polar surface area (TPSA) is 107 Å². The van der Waals surface area contributed by atoms with Crippen molar-refractivity contribution >= 4 is 29.4 Å². The maximum atomic E-state index is 12.2. The second-order valence-corrected chi connectivity index (χ2v) is 5.49. The van der Waals surface area contributed by atoms with Gasteiger partial charge in [0, 0.05) is 18.9 Å². The van der Waals surface area contributed by atoms with E-state index in [1.807, 2.05) is 0 Å². The van der Waals surface area contributed by atoms with Gasteiger partial charge >= 0.3 is 5.97 Å². The molecule has 7 heteroatoms. The maximum Gasteiger partial charge on any atom is 0.342 e. The van der Waals surface area contributed by atoms with Gasteiger partial charge in [0.25, 0.3) is 5.78 Å². The van der Waals surface area contributed by atoms with E-state index in [1.165, 1.54) is 31.4 Å². The van der Waals surface area contributed by atoms with E-state index >= 15 is 0 Å². The van der Waals surface area contributed by atoms with Crippen LogP contribution in [0.3, 0.4) is 0 Å². The Morgan fingerprint density at radius 3 is 2.56 bits per heavy atom. The van der Waals surface area contributed by atoms with Crippen LogP contribution in [0.4, 0.5) is 0 Å². The average molecular weight is 346 g/mol. The van der Waals surface area contributed by atoms with E-state index in [2.05, 4.69) is 0 Å². The fourth-order valence-corrected chi connectivity index (χ4v) is 2.37. The number of hydrogen-bond acceptors (Lipinski definition) is 7. The molecule has 0 fully saturated rings. The summed E-state index contributed by atoms with van der Waals surface area (Å²) in [5, 5.41) is 10.1. The Labute approximate surface area is 144 Å². The van der Waals surface area contributed by atoms with Gasteiger partial charge in [0.1, 0.15) is 17.1 Å². The standard InChI is InChI=1S/C18H18O7/c1-24-12-9-11-5-4-7-14(20)17(22)13(19)6-2-3-8-25-18(23)16(11)15(21)10-12/h4-5,9-10,21H,2-3,6-8H2,1H3. The van der Waals surface area contributed by atoms with E-state index < -0.39 is 23.3 Å². The largest absolute Gasteiger partial charge is 0.507 e. The fraction of sp³-hybridized carbons (Fsp3) is 0.333. The normalized spacial score (nSPS) is 16.8. The van der Waals surface area contributed by atoms with E-state index in [0.717, 1.165) is 0 Å². The zero-order valence-electron chi connectivity index (χ0n) is 13.7. The molecule has 1 aliphatic heterocycles. The highest BCUT2D eigenvalue weighted by molar-refractivity contribution is 6.64. The molecule has 2 rings (SSSR count). The third kappa shape index (κ3) is 4.53. The summed E-state index contributed by atoms with van der Waals surface area (Å²) in [5.74, 6) is -3.28. The molecule has 0 radical (unpaired) electrons. The first-order chi connectivity index (χ1) is 11.9. The quantitative estimate of drug-likeness (QED) is 0.611. The number of phenolic OH excluding ortho intramolecular Hbond substituents is 1. The first kappa shape index (κ1) is 18.4. The summed E-state index contributed by atoms with van der Waals surface area (Å²) in [5.41, 5.74) is 0.231. The smallest absolute Gasteiger partial charge is 0.342 e. The molecule has 0 saturated carbocycles. The number of aromatic hydroxyl groups is 1. The molecule has 0 bridgehead atoms. The molecule has 1 N–H and O–H groups in total. The predicted molar refractivity (Wildman–Crippen MR) is 87.5 cm³/mol. The number of ketones is 3. The van der Waals surface area contributed by atoms with Crippen molar-refractivity contribution in [1.82, 2.24) is 0 Å². The minimum absolute atomic E-state index is 0.0306. The number of methoxy groups -OCH3 is 1. The maximum absolute atomic E-state index is 12.2. The van der Waals surface area contributed by atoms with E-state index in [4.69, 9.17) is 9.47 Å². The number of carbonyl (C=O) groups is 4. The number of phenols is 1. The molecule has 0 saturated heterocycles. The average Bonchev–Trinajstić information content (AvgIpc) is 2.59. The van der Waals surface area contributed by atoms with Crippen molar-refractivity contribution in [3.05, 3.63) is 29.3 Å². The molecule has 0 aliphatic carbocycles. The lowest BCUT2D eigenvalue weighted by atomic mass is 10.0. The van der Waals surface area contributed by atoms with E-state index in [9.17, 15) is 24.3 Å². The minimum atomic E-state index is -1.02. The van der Waals surface area contributed by atoms with Gasteiger partial charge < -0.3 is 14.6 Å². The molecule has 0 atom stereocenters. The van der Waals surface area contributed by atoms with Gasteiger partial charge in [0.2, 0.25) is 11.6 Å².